The molecule has 8 nitrogen and oxygen atoms in total. The van der Waals surface area contributed by atoms with Gasteiger partial charge in [-0.05, 0) is 19.8 Å². The second-order valence-electron chi connectivity index (χ2n) is 5.48. The molecular weight excluding hydrogens is 282 g/mol. The van der Waals surface area contributed by atoms with E-state index in [0.717, 1.165) is 43.1 Å². The Hall–Kier alpha value is -2.51. The van der Waals surface area contributed by atoms with Crippen molar-refractivity contribution in [3.63, 3.8) is 0 Å². The van der Waals surface area contributed by atoms with Crippen molar-refractivity contribution in [1.82, 2.24) is 29.7 Å². The molecule has 8 heteroatoms. The topological polar surface area (TPSA) is 85.2 Å². The minimum absolute atomic E-state index is 0.109. The molecule has 0 unspecified atom stereocenters. The number of anilines is 1. The van der Waals surface area contributed by atoms with Crippen molar-refractivity contribution in [2.24, 2.45) is 0 Å². The van der Waals surface area contributed by atoms with Gasteiger partial charge in [0.25, 0.3) is 5.78 Å². The molecule has 0 spiro atoms. The minimum Gasteiger partial charge on any atom is -0.346 e. The Balaban J connectivity index is 1.77. The SMILES string of the molecule is CCc1nc([C@H]2CCCN2c2cc(C)nc3ncnn23)no1. The van der Waals surface area contributed by atoms with Crippen molar-refractivity contribution >= 4 is 11.6 Å². The minimum atomic E-state index is 0.109. The lowest BCUT2D eigenvalue weighted by atomic mass is 10.2. The van der Waals surface area contributed by atoms with Gasteiger partial charge in [0.2, 0.25) is 5.89 Å². The Morgan fingerprint density at radius 3 is 3.09 bits per heavy atom. The molecule has 114 valence electrons. The van der Waals surface area contributed by atoms with E-state index in [4.69, 9.17) is 4.52 Å². The molecule has 1 fully saturated rings. The van der Waals surface area contributed by atoms with Crippen molar-refractivity contribution in [3.8, 4) is 0 Å². The van der Waals surface area contributed by atoms with Gasteiger partial charge in [0.1, 0.15) is 12.1 Å². The first-order valence-electron chi connectivity index (χ1n) is 7.52. The fourth-order valence-corrected chi connectivity index (χ4v) is 2.97. The van der Waals surface area contributed by atoms with Crippen LogP contribution in [0.15, 0.2) is 16.9 Å². The fourth-order valence-electron chi connectivity index (χ4n) is 2.97. The third kappa shape index (κ3) is 2.02. The molecule has 0 aliphatic carbocycles. The van der Waals surface area contributed by atoms with Crippen LogP contribution in [0, 0.1) is 6.92 Å². The van der Waals surface area contributed by atoms with Gasteiger partial charge in [0.15, 0.2) is 5.82 Å². The molecule has 0 N–H and O–H groups in total. The average molecular weight is 299 g/mol. The standard InChI is InChI=1S/C14H17N7O/c1-3-11-18-13(19-22-11)10-5-4-6-20(10)12-7-9(2)17-14-15-8-16-21(12)14/h7-8,10H,3-6H2,1-2H3/t10-/m1/s1. The predicted octanol–water partition coefficient (Wildman–Crippen LogP) is 1.72. The lowest BCUT2D eigenvalue weighted by Gasteiger charge is -2.24. The summed E-state index contributed by atoms with van der Waals surface area (Å²) in [5.74, 6) is 3.02. The van der Waals surface area contributed by atoms with Gasteiger partial charge in [-0.1, -0.05) is 12.1 Å². The Morgan fingerprint density at radius 2 is 2.27 bits per heavy atom. The Morgan fingerprint density at radius 1 is 1.36 bits per heavy atom. The van der Waals surface area contributed by atoms with Gasteiger partial charge < -0.3 is 9.42 Å². The van der Waals surface area contributed by atoms with Gasteiger partial charge in [-0.15, -0.1) is 0 Å². The molecule has 1 saturated heterocycles. The van der Waals surface area contributed by atoms with Crippen LogP contribution in [0.1, 0.15) is 43.2 Å². The van der Waals surface area contributed by atoms with E-state index in [1.165, 1.54) is 6.33 Å². The van der Waals surface area contributed by atoms with Crippen LogP contribution in [0.25, 0.3) is 5.78 Å². The lowest BCUT2D eigenvalue weighted by Crippen LogP contribution is -2.26. The van der Waals surface area contributed by atoms with Gasteiger partial charge in [-0.2, -0.15) is 19.6 Å². The number of nitrogens with zero attached hydrogens (tertiary/aromatic N) is 7. The molecule has 1 atom stereocenters. The van der Waals surface area contributed by atoms with Crippen LogP contribution in [0.3, 0.4) is 0 Å². The van der Waals surface area contributed by atoms with Gasteiger partial charge in [0, 0.05) is 24.7 Å². The van der Waals surface area contributed by atoms with E-state index in [-0.39, 0.29) is 6.04 Å². The van der Waals surface area contributed by atoms with Crippen molar-refractivity contribution in [2.75, 3.05) is 11.4 Å². The van der Waals surface area contributed by atoms with E-state index in [1.807, 2.05) is 19.9 Å². The molecular formula is C14H17N7O. The smallest absolute Gasteiger partial charge is 0.254 e. The number of aromatic nitrogens is 6. The predicted molar refractivity (Wildman–Crippen MR) is 78.5 cm³/mol. The highest BCUT2D eigenvalue weighted by Crippen LogP contribution is 2.34. The van der Waals surface area contributed by atoms with Gasteiger partial charge >= 0.3 is 0 Å². The lowest BCUT2D eigenvalue weighted by molar-refractivity contribution is 0.373. The molecule has 4 heterocycles. The summed E-state index contributed by atoms with van der Waals surface area (Å²) in [6, 6.07) is 2.14. The highest BCUT2D eigenvalue weighted by atomic mass is 16.5. The van der Waals surface area contributed by atoms with Crippen LogP contribution < -0.4 is 4.90 Å². The molecule has 1 aliphatic heterocycles. The zero-order valence-corrected chi connectivity index (χ0v) is 12.6. The molecule has 4 rings (SSSR count). The zero-order valence-electron chi connectivity index (χ0n) is 12.6. The number of aryl methyl sites for hydroxylation is 2. The van der Waals surface area contributed by atoms with E-state index in [1.54, 1.807) is 4.52 Å². The van der Waals surface area contributed by atoms with Gasteiger partial charge in [-0.25, -0.2) is 4.98 Å². The van der Waals surface area contributed by atoms with Crippen LogP contribution in [-0.2, 0) is 6.42 Å². The second-order valence-corrected chi connectivity index (χ2v) is 5.48. The van der Waals surface area contributed by atoms with Crippen molar-refractivity contribution in [2.45, 2.75) is 39.2 Å². The van der Waals surface area contributed by atoms with E-state index in [0.29, 0.717) is 11.7 Å². The summed E-state index contributed by atoms with van der Waals surface area (Å²) in [6.45, 7) is 4.90. The van der Waals surface area contributed by atoms with E-state index >= 15 is 0 Å². The molecule has 0 saturated carbocycles. The van der Waals surface area contributed by atoms with Crippen LogP contribution >= 0.6 is 0 Å². The number of hydrogen-bond acceptors (Lipinski definition) is 7. The molecule has 0 radical (unpaired) electrons. The Kier molecular flexibility index (Phi) is 3.02. The summed E-state index contributed by atoms with van der Waals surface area (Å²) in [5, 5.41) is 8.44. The first-order chi connectivity index (χ1) is 10.8. The highest BCUT2D eigenvalue weighted by Gasteiger charge is 2.32. The van der Waals surface area contributed by atoms with Crippen LogP contribution in [0.4, 0.5) is 5.82 Å². The van der Waals surface area contributed by atoms with Crippen LogP contribution in [0.5, 0.6) is 0 Å². The number of rotatable bonds is 3. The van der Waals surface area contributed by atoms with Gasteiger partial charge in [0.05, 0.1) is 6.04 Å². The molecule has 3 aromatic rings. The third-order valence-electron chi connectivity index (χ3n) is 3.99. The summed E-state index contributed by atoms with van der Waals surface area (Å²) in [6.07, 6.45) is 4.36. The summed E-state index contributed by atoms with van der Waals surface area (Å²) < 4.78 is 7.04. The van der Waals surface area contributed by atoms with Crippen LogP contribution in [-0.4, -0.2) is 36.3 Å². The Bertz CT molecular complexity index is 808. The first-order valence-corrected chi connectivity index (χ1v) is 7.52. The molecule has 3 aromatic heterocycles. The van der Waals surface area contributed by atoms with Crippen LogP contribution in [0.2, 0.25) is 0 Å². The van der Waals surface area contributed by atoms with Crippen molar-refractivity contribution in [1.29, 1.82) is 0 Å². The van der Waals surface area contributed by atoms with E-state index < -0.39 is 0 Å². The molecule has 0 bridgehead atoms. The van der Waals surface area contributed by atoms with Gasteiger partial charge in [-0.3, -0.25) is 0 Å². The molecule has 22 heavy (non-hydrogen) atoms. The maximum Gasteiger partial charge on any atom is 0.254 e. The molecule has 0 aromatic carbocycles. The number of hydrogen-bond donors (Lipinski definition) is 0. The van der Waals surface area contributed by atoms with Crippen molar-refractivity contribution < 1.29 is 4.52 Å². The fraction of sp³-hybridized carbons (Fsp3) is 0.500. The quantitative estimate of drug-likeness (QED) is 0.727. The summed E-state index contributed by atoms with van der Waals surface area (Å²) in [5.41, 5.74) is 0.920. The summed E-state index contributed by atoms with van der Waals surface area (Å²) in [4.78, 5) is 15.3. The average Bonchev–Trinajstić information content (AvgIpc) is 3.24. The highest BCUT2D eigenvalue weighted by molar-refractivity contribution is 5.49. The normalized spacial score (nSPS) is 18.5. The van der Waals surface area contributed by atoms with E-state index in [2.05, 4.69) is 30.1 Å². The summed E-state index contributed by atoms with van der Waals surface area (Å²) in [7, 11) is 0. The maximum absolute atomic E-state index is 5.27. The zero-order chi connectivity index (χ0) is 15.1. The van der Waals surface area contributed by atoms with Crippen molar-refractivity contribution in [3.05, 3.63) is 29.8 Å². The van der Waals surface area contributed by atoms with E-state index in [9.17, 15) is 0 Å². The maximum atomic E-state index is 5.27. The molecule has 0 amide bonds. The summed E-state index contributed by atoms with van der Waals surface area (Å²) >= 11 is 0. The largest absolute Gasteiger partial charge is 0.346 e. The second kappa shape index (κ2) is 5.04. The number of fused-ring (bicyclic) bond motifs is 1. The third-order valence-corrected chi connectivity index (χ3v) is 3.99. The first kappa shape index (κ1) is 13.2. The molecule has 1 aliphatic rings. The Labute approximate surface area is 127 Å². The monoisotopic (exact) mass is 299 g/mol.